The van der Waals surface area contributed by atoms with Gasteiger partial charge in [0.1, 0.15) is 0 Å². The highest BCUT2D eigenvalue weighted by Gasteiger charge is 2.13. The molecule has 1 heterocycles. The van der Waals surface area contributed by atoms with Crippen molar-refractivity contribution in [1.29, 1.82) is 0 Å². The molecule has 2 aromatic rings. The average Bonchev–Trinajstić information content (AvgIpc) is 2.72. The molecule has 5 heteroatoms. The van der Waals surface area contributed by atoms with Gasteiger partial charge in [0, 0.05) is 30.8 Å². The molecule has 0 atom stereocenters. The zero-order chi connectivity index (χ0) is 18.2. The Bertz CT molecular complexity index is 723. The Morgan fingerprint density at radius 2 is 1.65 bits per heavy atom. The molecule has 1 fully saturated rings. The molecule has 2 aromatic carbocycles. The van der Waals surface area contributed by atoms with E-state index in [1.165, 1.54) is 0 Å². The SMILES string of the molecule is O=C(CCc1ccccc1)NCC(=O)c1ccc(N2CCOCC2)cc1. The van der Waals surface area contributed by atoms with Gasteiger partial charge in [-0.05, 0) is 36.2 Å². The summed E-state index contributed by atoms with van der Waals surface area (Å²) in [7, 11) is 0. The predicted molar refractivity (Wildman–Crippen MR) is 102 cm³/mol. The van der Waals surface area contributed by atoms with Crippen LogP contribution in [-0.4, -0.2) is 44.5 Å². The summed E-state index contributed by atoms with van der Waals surface area (Å²) < 4.78 is 5.35. The first-order valence-electron chi connectivity index (χ1n) is 8.99. The molecule has 1 amide bonds. The maximum Gasteiger partial charge on any atom is 0.220 e. The van der Waals surface area contributed by atoms with Gasteiger partial charge in [-0.15, -0.1) is 0 Å². The largest absolute Gasteiger partial charge is 0.378 e. The topological polar surface area (TPSA) is 58.6 Å². The van der Waals surface area contributed by atoms with Crippen LogP contribution in [0.4, 0.5) is 5.69 Å². The molecule has 1 aliphatic rings. The van der Waals surface area contributed by atoms with E-state index in [0.717, 1.165) is 37.6 Å². The van der Waals surface area contributed by atoms with Crippen molar-refractivity contribution in [2.24, 2.45) is 0 Å². The Morgan fingerprint density at radius 3 is 2.35 bits per heavy atom. The maximum atomic E-state index is 12.3. The van der Waals surface area contributed by atoms with Crippen LogP contribution >= 0.6 is 0 Å². The summed E-state index contributed by atoms with van der Waals surface area (Å²) in [6.45, 7) is 3.23. The normalized spacial score (nSPS) is 14.1. The summed E-state index contributed by atoms with van der Waals surface area (Å²) in [6, 6.07) is 17.4. The first-order chi connectivity index (χ1) is 12.7. The van der Waals surface area contributed by atoms with Crippen LogP contribution < -0.4 is 10.2 Å². The highest BCUT2D eigenvalue weighted by molar-refractivity contribution is 5.99. The van der Waals surface area contributed by atoms with Gasteiger partial charge in [-0.25, -0.2) is 0 Å². The van der Waals surface area contributed by atoms with Gasteiger partial charge in [0.15, 0.2) is 5.78 Å². The molecule has 1 N–H and O–H groups in total. The molecule has 0 spiro atoms. The van der Waals surface area contributed by atoms with Gasteiger partial charge in [-0.2, -0.15) is 0 Å². The van der Waals surface area contributed by atoms with Crippen LogP contribution in [0.15, 0.2) is 54.6 Å². The van der Waals surface area contributed by atoms with Crippen molar-refractivity contribution in [1.82, 2.24) is 5.32 Å². The number of nitrogens with one attached hydrogen (secondary N) is 1. The van der Waals surface area contributed by atoms with Crippen LogP contribution in [0, 0.1) is 0 Å². The fourth-order valence-corrected chi connectivity index (χ4v) is 2.95. The third kappa shape index (κ3) is 5.17. The molecule has 0 saturated carbocycles. The number of Topliss-reactive ketones (excluding diaryl/α,β-unsaturated/α-hetero) is 1. The number of hydrogen-bond acceptors (Lipinski definition) is 4. The number of ether oxygens (including phenoxy) is 1. The minimum absolute atomic E-state index is 0.0323. The second-order valence-corrected chi connectivity index (χ2v) is 6.33. The van der Waals surface area contributed by atoms with Crippen molar-refractivity contribution in [3.8, 4) is 0 Å². The lowest BCUT2D eigenvalue weighted by atomic mass is 10.1. The van der Waals surface area contributed by atoms with E-state index in [2.05, 4.69) is 10.2 Å². The summed E-state index contributed by atoms with van der Waals surface area (Å²) >= 11 is 0. The van der Waals surface area contributed by atoms with Crippen LogP contribution in [0.5, 0.6) is 0 Å². The van der Waals surface area contributed by atoms with E-state index in [1.807, 2.05) is 54.6 Å². The second kappa shape index (κ2) is 9.15. The molecule has 3 rings (SSSR count). The highest BCUT2D eigenvalue weighted by Crippen LogP contribution is 2.16. The lowest BCUT2D eigenvalue weighted by molar-refractivity contribution is -0.120. The first kappa shape index (κ1) is 18.1. The van der Waals surface area contributed by atoms with E-state index in [0.29, 0.717) is 18.4 Å². The number of anilines is 1. The smallest absolute Gasteiger partial charge is 0.220 e. The molecule has 1 aliphatic heterocycles. The molecule has 0 radical (unpaired) electrons. The van der Waals surface area contributed by atoms with Gasteiger partial charge in [0.25, 0.3) is 0 Å². The monoisotopic (exact) mass is 352 g/mol. The molecule has 0 aliphatic carbocycles. The molecule has 1 saturated heterocycles. The van der Waals surface area contributed by atoms with Gasteiger partial charge in [0.05, 0.1) is 19.8 Å². The second-order valence-electron chi connectivity index (χ2n) is 6.33. The number of carbonyl (C=O) groups is 2. The lowest BCUT2D eigenvalue weighted by Gasteiger charge is -2.28. The van der Waals surface area contributed by atoms with Gasteiger partial charge < -0.3 is 15.0 Å². The predicted octanol–water partition coefficient (Wildman–Crippen LogP) is 2.45. The number of amides is 1. The van der Waals surface area contributed by atoms with Crippen LogP contribution in [0.1, 0.15) is 22.3 Å². The van der Waals surface area contributed by atoms with Crippen molar-refractivity contribution in [2.75, 3.05) is 37.7 Å². The van der Waals surface area contributed by atoms with Crippen LogP contribution in [0.25, 0.3) is 0 Å². The number of nitrogens with zero attached hydrogens (tertiary/aromatic N) is 1. The Hall–Kier alpha value is -2.66. The Balaban J connectivity index is 1.44. The zero-order valence-corrected chi connectivity index (χ0v) is 14.8. The number of morpholine rings is 1. The minimum atomic E-state index is -0.105. The Kier molecular flexibility index (Phi) is 6.39. The van der Waals surface area contributed by atoms with E-state index in [-0.39, 0.29) is 18.2 Å². The van der Waals surface area contributed by atoms with E-state index in [1.54, 1.807) is 0 Å². The molecular formula is C21H24N2O3. The number of ketones is 1. The molecule has 0 bridgehead atoms. The van der Waals surface area contributed by atoms with Gasteiger partial charge >= 0.3 is 0 Å². The van der Waals surface area contributed by atoms with E-state index in [9.17, 15) is 9.59 Å². The number of benzene rings is 2. The Labute approximate surface area is 154 Å². The average molecular weight is 352 g/mol. The Morgan fingerprint density at radius 1 is 0.962 bits per heavy atom. The number of rotatable bonds is 7. The molecule has 0 aromatic heterocycles. The summed E-state index contributed by atoms with van der Waals surface area (Å²) in [5, 5.41) is 2.71. The van der Waals surface area contributed by atoms with E-state index >= 15 is 0 Å². The first-order valence-corrected chi connectivity index (χ1v) is 8.99. The van der Waals surface area contributed by atoms with Gasteiger partial charge in [0.2, 0.25) is 5.91 Å². The summed E-state index contributed by atoms with van der Waals surface area (Å²) in [6.07, 6.45) is 1.06. The molecule has 26 heavy (non-hydrogen) atoms. The fraction of sp³-hybridized carbons (Fsp3) is 0.333. The molecule has 5 nitrogen and oxygen atoms in total. The standard InChI is InChI=1S/C21H24N2O3/c24-20(16-22-21(25)11-6-17-4-2-1-3-5-17)18-7-9-19(10-8-18)23-12-14-26-15-13-23/h1-5,7-10H,6,11-16H2,(H,22,25). The van der Waals surface area contributed by atoms with Crippen molar-refractivity contribution in [3.05, 3.63) is 65.7 Å². The van der Waals surface area contributed by atoms with Crippen molar-refractivity contribution < 1.29 is 14.3 Å². The maximum absolute atomic E-state index is 12.3. The number of carbonyl (C=O) groups excluding carboxylic acids is 2. The third-order valence-electron chi connectivity index (χ3n) is 4.50. The quantitative estimate of drug-likeness (QED) is 0.778. The van der Waals surface area contributed by atoms with Crippen LogP contribution in [0.2, 0.25) is 0 Å². The third-order valence-corrected chi connectivity index (χ3v) is 4.50. The van der Waals surface area contributed by atoms with Crippen LogP contribution in [-0.2, 0) is 16.0 Å². The van der Waals surface area contributed by atoms with Crippen molar-refractivity contribution in [2.45, 2.75) is 12.8 Å². The van der Waals surface area contributed by atoms with Crippen molar-refractivity contribution >= 4 is 17.4 Å². The van der Waals surface area contributed by atoms with Crippen LogP contribution in [0.3, 0.4) is 0 Å². The number of hydrogen-bond donors (Lipinski definition) is 1. The number of aryl methyl sites for hydroxylation is 1. The van der Waals surface area contributed by atoms with E-state index in [4.69, 9.17) is 4.74 Å². The molecular weight excluding hydrogens is 328 g/mol. The summed E-state index contributed by atoms with van der Waals surface area (Å²) in [4.78, 5) is 26.4. The summed E-state index contributed by atoms with van der Waals surface area (Å²) in [5.41, 5.74) is 2.83. The highest BCUT2D eigenvalue weighted by atomic mass is 16.5. The molecule has 136 valence electrons. The van der Waals surface area contributed by atoms with Crippen molar-refractivity contribution in [3.63, 3.8) is 0 Å². The molecule has 0 unspecified atom stereocenters. The zero-order valence-electron chi connectivity index (χ0n) is 14.8. The van der Waals surface area contributed by atoms with Gasteiger partial charge in [-0.1, -0.05) is 30.3 Å². The fourth-order valence-electron chi connectivity index (χ4n) is 2.95. The summed E-state index contributed by atoms with van der Waals surface area (Å²) in [5.74, 6) is -0.182. The van der Waals surface area contributed by atoms with Gasteiger partial charge in [-0.3, -0.25) is 9.59 Å². The minimum Gasteiger partial charge on any atom is -0.378 e. The van der Waals surface area contributed by atoms with E-state index < -0.39 is 0 Å². The lowest BCUT2D eigenvalue weighted by Crippen LogP contribution is -2.36.